The largest absolute Gasteiger partial charge is 0.274 e. The van der Waals surface area contributed by atoms with Crippen LogP contribution in [0.3, 0.4) is 0 Å². The zero-order valence-corrected chi connectivity index (χ0v) is 9.44. The minimum Gasteiger partial charge on any atom is -0.147 e. The van der Waals surface area contributed by atoms with Crippen molar-refractivity contribution in [1.29, 1.82) is 0 Å². The summed E-state index contributed by atoms with van der Waals surface area (Å²) in [7, 11) is -1.14. The molecule has 0 aromatic heterocycles. The molecule has 0 bridgehead atoms. The first kappa shape index (κ1) is 10.1. The molecule has 0 heterocycles. The third kappa shape index (κ3) is 3.17. The van der Waals surface area contributed by atoms with Crippen LogP contribution in [0.25, 0.3) is 0 Å². The van der Waals surface area contributed by atoms with Crippen molar-refractivity contribution in [3.05, 3.63) is 35.9 Å². The van der Waals surface area contributed by atoms with Crippen molar-refractivity contribution in [3.8, 4) is 0 Å². The van der Waals surface area contributed by atoms with Gasteiger partial charge < -0.3 is 0 Å². The molecule has 12 heavy (non-hydrogen) atoms. The fourth-order valence-electron chi connectivity index (χ4n) is 1.13. The van der Waals surface area contributed by atoms with Gasteiger partial charge in [-0.2, -0.15) is 0 Å². The van der Waals surface area contributed by atoms with Crippen LogP contribution >= 0.6 is 22.2 Å². The third-order valence-corrected chi connectivity index (χ3v) is 3.68. The summed E-state index contributed by atoms with van der Waals surface area (Å²) in [5.74, 6) is 0.482. The van der Waals surface area contributed by atoms with Crippen molar-refractivity contribution in [3.63, 3.8) is 0 Å². The lowest BCUT2D eigenvalue weighted by atomic mass is 10.0. The second-order valence-electron chi connectivity index (χ2n) is 2.85. The quantitative estimate of drug-likeness (QED) is 0.535. The summed E-state index contributed by atoms with van der Waals surface area (Å²) in [5.41, 5.74) is 1.32. The number of halogens is 2. The Bertz CT molecular complexity index is 223. The number of rotatable bonds is 3. The first-order valence-electron chi connectivity index (χ1n) is 3.92. The lowest BCUT2D eigenvalue weighted by molar-refractivity contribution is 0.861. The summed E-state index contributed by atoms with van der Waals surface area (Å²) in [4.78, 5) is 0. The average molecular weight is 218 g/mol. The Kier molecular flexibility index (Phi) is 4.13. The summed E-state index contributed by atoms with van der Waals surface area (Å²) in [6.45, 7) is 2.16. The van der Waals surface area contributed by atoms with Crippen molar-refractivity contribution in [1.82, 2.24) is 0 Å². The van der Waals surface area contributed by atoms with E-state index in [4.69, 9.17) is 22.2 Å². The summed E-state index contributed by atoms with van der Waals surface area (Å²) in [6, 6.07) is 11.2. The molecule has 0 aliphatic carbocycles. The van der Waals surface area contributed by atoms with Crippen LogP contribution in [0.15, 0.2) is 30.3 Å². The van der Waals surface area contributed by atoms with E-state index in [-0.39, 0.29) is 0 Å². The van der Waals surface area contributed by atoms with Crippen molar-refractivity contribution < 1.29 is 0 Å². The highest BCUT2D eigenvalue weighted by Gasteiger charge is 2.11. The molecular formula is C9H11Cl2Si. The first-order valence-corrected chi connectivity index (χ1v) is 7.65. The van der Waals surface area contributed by atoms with E-state index < -0.39 is 7.42 Å². The number of hydrogen-bond donors (Lipinski definition) is 0. The molecule has 1 aromatic carbocycles. The molecule has 1 rings (SSSR count). The van der Waals surface area contributed by atoms with Crippen LogP contribution in [0.5, 0.6) is 0 Å². The second kappa shape index (κ2) is 4.90. The van der Waals surface area contributed by atoms with Gasteiger partial charge >= 0.3 is 0 Å². The van der Waals surface area contributed by atoms with E-state index in [2.05, 4.69) is 19.1 Å². The molecule has 0 aliphatic rings. The second-order valence-corrected chi connectivity index (χ2v) is 7.26. The topological polar surface area (TPSA) is 0 Å². The molecule has 65 valence electrons. The zero-order chi connectivity index (χ0) is 8.97. The Morgan fingerprint density at radius 1 is 1.25 bits per heavy atom. The van der Waals surface area contributed by atoms with Crippen LogP contribution < -0.4 is 0 Å². The Hall–Kier alpha value is 0.0169. The normalized spacial score (nSPS) is 13.3. The Labute approximate surface area is 84.5 Å². The van der Waals surface area contributed by atoms with Crippen molar-refractivity contribution in [2.24, 2.45) is 0 Å². The van der Waals surface area contributed by atoms with Crippen LogP contribution in [0, 0.1) is 0 Å². The zero-order valence-electron chi connectivity index (χ0n) is 6.93. The molecule has 0 N–H and O–H groups in total. The monoisotopic (exact) mass is 217 g/mol. The Balaban J connectivity index is 2.59. The molecule has 0 amide bonds. The van der Waals surface area contributed by atoms with Gasteiger partial charge in [0.2, 0.25) is 0 Å². The molecule has 0 saturated carbocycles. The summed E-state index contributed by atoms with van der Waals surface area (Å²) < 4.78 is 0. The molecule has 3 heteroatoms. The highest BCUT2D eigenvalue weighted by molar-refractivity contribution is 7.33. The van der Waals surface area contributed by atoms with Crippen molar-refractivity contribution in [2.45, 2.75) is 18.9 Å². The van der Waals surface area contributed by atoms with Crippen LogP contribution in [0.2, 0.25) is 6.04 Å². The van der Waals surface area contributed by atoms with Gasteiger partial charge in [0.05, 0.1) is 0 Å². The van der Waals surface area contributed by atoms with Gasteiger partial charge in [0.1, 0.15) is 0 Å². The lowest BCUT2D eigenvalue weighted by Gasteiger charge is -2.10. The maximum Gasteiger partial charge on any atom is 0.274 e. The van der Waals surface area contributed by atoms with E-state index in [1.807, 2.05) is 18.2 Å². The summed E-state index contributed by atoms with van der Waals surface area (Å²) in [5, 5.41) is 0. The minimum atomic E-state index is -1.14. The van der Waals surface area contributed by atoms with Gasteiger partial charge in [0, 0.05) is 0 Å². The summed E-state index contributed by atoms with van der Waals surface area (Å²) in [6.07, 6.45) is 0. The predicted octanol–water partition coefficient (Wildman–Crippen LogP) is 3.76. The van der Waals surface area contributed by atoms with Gasteiger partial charge in [0.15, 0.2) is 0 Å². The van der Waals surface area contributed by atoms with E-state index in [9.17, 15) is 0 Å². The van der Waals surface area contributed by atoms with Gasteiger partial charge in [0.25, 0.3) is 7.42 Å². The van der Waals surface area contributed by atoms with Gasteiger partial charge in [-0.15, -0.1) is 22.2 Å². The Morgan fingerprint density at radius 2 is 1.83 bits per heavy atom. The van der Waals surface area contributed by atoms with Crippen molar-refractivity contribution >= 4 is 29.6 Å². The highest BCUT2D eigenvalue weighted by Crippen LogP contribution is 2.23. The molecule has 0 spiro atoms. The number of benzene rings is 1. The molecular weight excluding hydrogens is 207 g/mol. The minimum absolute atomic E-state index is 0.482. The molecule has 0 fully saturated rings. The highest BCUT2D eigenvalue weighted by atomic mass is 35.7. The van der Waals surface area contributed by atoms with Gasteiger partial charge in [-0.25, -0.2) is 0 Å². The molecule has 0 aliphatic heterocycles. The first-order chi connectivity index (χ1) is 5.70. The van der Waals surface area contributed by atoms with Gasteiger partial charge in [-0.3, -0.25) is 0 Å². The van der Waals surface area contributed by atoms with Crippen LogP contribution in [0.4, 0.5) is 0 Å². The maximum absolute atomic E-state index is 5.79. The standard InChI is InChI=1S/C9H11Cl2Si/c1-8(7-12(10)11)9-5-3-2-4-6-9/h2-6,8H,7H2,1H3. The average Bonchev–Trinajstić information content (AvgIpc) is 2.05. The van der Waals surface area contributed by atoms with E-state index in [0.717, 1.165) is 6.04 Å². The molecule has 1 radical (unpaired) electrons. The molecule has 1 unspecified atom stereocenters. The molecule has 1 atom stereocenters. The van der Waals surface area contributed by atoms with E-state index in [1.54, 1.807) is 0 Å². The van der Waals surface area contributed by atoms with E-state index >= 15 is 0 Å². The Morgan fingerprint density at radius 3 is 2.33 bits per heavy atom. The van der Waals surface area contributed by atoms with Crippen molar-refractivity contribution in [2.75, 3.05) is 0 Å². The van der Waals surface area contributed by atoms with Crippen LogP contribution in [0.1, 0.15) is 18.4 Å². The van der Waals surface area contributed by atoms with E-state index in [1.165, 1.54) is 5.56 Å². The molecule has 0 saturated heterocycles. The van der Waals surface area contributed by atoms with Crippen LogP contribution in [-0.2, 0) is 0 Å². The maximum atomic E-state index is 5.79. The van der Waals surface area contributed by atoms with Gasteiger partial charge in [-0.05, 0) is 17.5 Å². The van der Waals surface area contributed by atoms with Gasteiger partial charge in [-0.1, -0.05) is 37.3 Å². The fourth-order valence-corrected chi connectivity index (χ4v) is 3.22. The smallest absolute Gasteiger partial charge is 0.147 e. The lowest BCUT2D eigenvalue weighted by Crippen LogP contribution is -2.00. The van der Waals surface area contributed by atoms with E-state index in [0.29, 0.717) is 5.92 Å². The SMILES string of the molecule is CC(C[Si](Cl)Cl)c1ccccc1. The fraction of sp³-hybridized carbons (Fsp3) is 0.333. The molecule has 0 nitrogen and oxygen atoms in total. The number of hydrogen-bond acceptors (Lipinski definition) is 0. The van der Waals surface area contributed by atoms with Crippen LogP contribution in [-0.4, -0.2) is 7.42 Å². The summed E-state index contributed by atoms with van der Waals surface area (Å²) >= 11 is 11.6. The predicted molar refractivity (Wildman–Crippen MR) is 57.1 cm³/mol. The molecule has 1 aromatic rings. The third-order valence-electron chi connectivity index (χ3n) is 1.83.